The summed E-state index contributed by atoms with van der Waals surface area (Å²) in [4.78, 5) is 18.4. The Morgan fingerprint density at radius 2 is 1.80 bits per heavy atom. The van der Waals surface area contributed by atoms with Crippen molar-refractivity contribution in [3.8, 4) is 0 Å². The van der Waals surface area contributed by atoms with E-state index in [-0.39, 0.29) is 11.9 Å². The third kappa shape index (κ3) is 5.85. The van der Waals surface area contributed by atoms with Gasteiger partial charge in [0.25, 0.3) is 0 Å². The van der Waals surface area contributed by atoms with E-state index >= 15 is 0 Å². The summed E-state index contributed by atoms with van der Waals surface area (Å²) in [5.74, 6) is -0.159. The number of primary amides is 1. The topological polar surface area (TPSA) is 49.6 Å². The summed E-state index contributed by atoms with van der Waals surface area (Å²) in [7, 11) is 0. The minimum Gasteiger partial charge on any atom is -0.369 e. The molecule has 0 aromatic heterocycles. The van der Waals surface area contributed by atoms with Crippen LogP contribution in [-0.4, -0.2) is 53.5 Å². The van der Waals surface area contributed by atoms with Gasteiger partial charge in [-0.15, -0.1) is 0 Å². The standard InChI is InChI=1S/C26H45N3O/c1-6-7-12-18-28-19-13-11-16-24(28)26(25(27)30,23-14-9-8-10-15-23)17-20-29(21(2)3)22(4)5/h8-10,14-15,21-22,24H,6-7,11-13,16-20H2,1-5H3,(H2,27,30). The molecule has 1 amide bonds. The van der Waals surface area contributed by atoms with E-state index < -0.39 is 5.41 Å². The Hall–Kier alpha value is -1.39. The van der Waals surface area contributed by atoms with Crippen molar-refractivity contribution in [1.82, 2.24) is 9.80 Å². The summed E-state index contributed by atoms with van der Waals surface area (Å²) in [5, 5.41) is 0. The van der Waals surface area contributed by atoms with E-state index in [2.05, 4.69) is 68.7 Å². The second kappa shape index (κ2) is 11.9. The van der Waals surface area contributed by atoms with Crippen molar-refractivity contribution in [2.24, 2.45) is 5.73 Å². The van der Waals surface area contributed by atoms with E-state index in [0.717, 1.165) is 38.0 Å². The van der Waals surface area contributed by atoms with Crippen LogP contribution >= 0.6 is 0 Å². The van der Waals surface area contributed by atoms with Gasteiger partial charge < -0.3 is 5.73 Å². The van der Waals surface area contributed by atoms with E-state index in [9.17, 15) is 4.79 Å². The van der Waals surface area contributed by atoms with Crippen molar-refractivity contribution in [2.45, 2.75) is 103 Å². The number of nitrogens with two attached hydrogens (primary N) is 1. The minimum absolute atomic E-state index is 0.159. The SMILES string of the molecule is CCCCCN1CCCCC1C(CCN(C(C)C)C(C)C)(C(N)=O)c1ccccc1. The zero-order chi connectivity index (χ0) is 22.1. The average Bonchev–Trinajstić information content (AvgIpc) is 2.72. The molecule has 170 valence electrons. The van der Waals surface area contributed by atoms with E-state index in [0.29, 0.717) is 12.1 Å². The smallest absolute Gasteiger partial charge is 0.229 e. The van der Waals surface area contributed by atoms with Gasteiger partial charge in [0, 0.05) is 24.7 Å². The summed E-state index contributed by atoms with van der Waals surface area (Å²) in [6.45, 7) is 14.2. The maximum atomic E-state index is 13.3. The number of hydrogen-bond acceptors (Lipinski definition) is 3. The monoisotopic (exact) mass is 415 g/mol. The van der Waals surface area contributed by atoms with Gasteiger partial charge in [0.05, 0.1) is 5.41 Å². The number of nitrogens with zero attached hydrogens (tertiary/aromatic N) is 2. The molecule has 1 aromatic rings. The van der Waals surface area contributed by atoms with Gasteiger partial charge in [0.1, 0.15) is 0 Å². The van der Waals surface area contributed by atoms with E-state index in [4.69, 9.17) is 5.73 Å². The van der Waals surface area contributed by atoms with Crippen LogP contribution in [0.2, 0.25) is 0 Å². The highest BCUT2D eigenvalue weighted by Crippen LogP contribution is 2.40. The molecule has 1 fully saturated rings. The van der Waals surface area contributed by atoms with Crippen molar-refractivity contribution < 1.29 is 4.79 Å². The van der Waals surface area contributed by atoms with Gasteiger partial charge in [0.2, 0.25) is 5.91 Å². The molecule has 1 aromatic carbocycles. The second-order valence-electron chi connectivity index (χ2n) is 9.63. The molecule has 2 N–H and O–H groups in total. The number of benzene rings is 1. The number of unbranched alkanes of at least 4 members (excludes halogenated alkanes) is 2. The normalized spacial score (nSPS) is 20.1. The molecule has 0 spiro atoms. The molecule has 2 rings (SSSR count). The van der Waals surface area contributed by atoms with Crippen molar-refractivity contribution in [1.29, 1.82) is 0 Å². The highest BCUT2D eigenvalue weighted by molar-refractivity contribution is 5.88. The van der Waals surface area contributed by atoms with Crippen LogP contribution in [0.15, 0.2) is 30.3 Å². The summed E-state index contributed by atoms with van der Waals surface area (Å²) >= 11 is 0. The van der Waals surface area contributed by atoms with E-state index in [1.165, 1.54) is 32.1 Å². The van der Waals surface area contributed by atoms with Crippen LogP contribution in [0.4, 0.5) is 0 Å². The Morgan fingerprint density at radius 1 is 1.13 bits per heavy atom. The Kier molecular flexibility index (Phi) is 9.83. The fourth-order valence-electron chi connectivity index (χ4n) is 5.47. The maximum absolute atomic E-state index is 13.3. The van der Waals surface area contributed by atoms with Crippen LogP contribution in [-0.2, 0) is 10.2 Å². The molecular formula is C26H45N3O. The molecule has 0 saturated carbocycles. The molecule has 2 unspecified atom stereocenters. The van der Waals surface area contributed by atoms with Gasteiger partial charge in [-0.05, 0) is 72.0 Å². The zero-order valence-electron chi connectivity index (χ0n) is 20.1. The Balaban J connectivity index is 2.44. The largest absolute Gasteiger partial charge is 0.369 e. The molecule has 1 saturated heterocycles. The Morgan fingerprint density at radius 3 is 2.37 bits per heavy atom. The first-order valence-corrected chi connectivity index (χ1v) is 12.2. The first-order valence-electron chi connectivity index (χ1n) is 12.2. The van der Waals surface area contributed by atoms with Gasteiger partial charge in [-0.25, -0.2) is 0 Å². The summed E-state index contributed by atoms with van der Waals surface area (Å²) in [6, 6.07) is 11.5. The van der Waals surface area contributed by atoms with Crippen LogP contribution in [0.25, 0.3) is 0 Å². The summed E-state index contributed by atoms with van der Waals surface area (Å²) in [5.41, 5.74) is 6.76. The molecule has 1 aliphatic heterocycles. The fraction of sp³-hybridized carbons (Fsp3) is 0.731. The van der Waals surface area contributed by atoms with Crippen LogP contribution in [0.3, 0.4) is 0 Å². The number of hydrogen-bond donors (Lipinski definition) is 1. The molecule has 0 bridgehead atoms. The highest BCUT2D eigenvalue weighted by atomic mass is 16.1. The van der Waals surface area contributed by atoms with Crippen molar-refractivity contribution >= 4 is 5.91 Å². The molecular weight excluding hydrogens is 370 g/mol. The lowest BCUT2D eigenvalue weighted by Crippen LogP contribution is -2.60. The number of rotatable bonds is 12. The number of piperidine rings is 1. The zero-order valence-corrected chi connectivity index (χ0v) is 20.1. The summed E-state index contributed by atoms with van der Waals surface area (Å²) in [6.07, 6.45) is 7.87. The van der Waals surface area contributed by atoms with Crippen LogP contribution < -0.4 is 5.73 Å². The molecule has 4 heteroatoms. The predicted molar refractivity (Wildman–Crippen MR) is 128 cm³/mol. The molecule has 1 aliphatic rings. The number of carbonyl (C=O) groups excluding carboxylic acids is 1. The van der Waals surface area contributed by atoms with Gasteiger partial charge in [0.15, 0.2) is 0 Å². The Bertz CT molecular complexity index is 622. The lowest BCUT2D eigenvalue weighted by molar-refractivity contribution is -0.128. The van der Waals surface area contributed by atoms with Gasteiger partial charge in [-0.2, -0.15) is 0 Å². The lowest BCUT2D eigenvalue weighted by Gasteiger charge is -2.48. The highest BCUT2D eigenvalue weighted by Gasteiger charge is 2.48. The number of carbonyl (C=O) groups is 1. The van der Waals surface area contributed by atoms with E-state index in [1.54, 1.807) is 0 Å². The summed E-state index contributed by atoms with van der Waals surface area (Å²) < 4.78 is 0. The quantitative estimate of drug-likeness (QED) is 0.491. The van der Waals surface area contributed by atoms with Crippen LogP contribution in [0.5, 0.6) is 0 Å². The van der Waals surface area contributed by atoms with Crippen molar-refractivity contribution in [3.63, 3.8) is 0 Å². The van der Waals surface area contributed by atoms with E-state index in [1.807, 2.05) is 6.07 Å². The maximum Gasteiger partial charge on any atom is 0.229 e. The Labute approximate surface area is 185 Å². The fourth-order valence-corrected chi connectivity index (χ4v) is 5.47. The van der Waals surface area contributed by atoms with Crippen molar-refractivity contribution in [2.75, 3.05) is 19.6 Å². The first-order chi connectivity index (χ1) is 14.3. The molecule has 0 radical (unpaired) electrons. The lowest BCUT2D eigenvalue weighted by atomic mass is 9.67. The third-order valence-electron chi connectivity index (χ3n) is 7.05. The number of amides is 1. The predicted octanol–water partition coefficient (Wildman–Crippen LogP) is 4.96. The van der Waals surface area contributed by atoms with Gasteiger partial charge >= 0.3 is 0 Å². The molecule has 4 nitrogen and oxygen atoms in total. The van der Waals surface area contributed by atoms with Gasteiger partial charge in [-0.3, -0.25) is 14.6 Å². The molecule has 1 heterocycles. The average molecular weight is 416 g/mol. The van der Waals surface area contributed by atoms with Crippen LogP contribution in [0.1, 0.15) is 85.1 Å². The second-order valence-corrected chi connectivity index (χ2v) is 9.63. The molecule has 30 heavy (non-hydrogen) atoms. The number of likely N-dealkylation sites (tertiary alicyclic amines) is 1. The van der Waals surface area contributed by atoms with Gasteiger partial charge in [-0.1, -0.05) is 56.5 Å². The van der Waals surface area contributed by atoms with Crippen LogP contribution in [0, 0.1) is 0 Å². The van der Waals surface area contributed by atoms with Crippen molar-refractivity contribution in [3.05, 3.63) is 35.9 Å². The first kappa shape index (κ1) is 24.9. The molecule has 0 aliphatic carbocycles. The molecule has 2 atom stereocenters. The third-order valence-corrected chi connectivity index (χ3v) is 7.05. The minimum atomic E-state index is -0.643.